The first-order chi connectivity index (χ1) is 11.2. The van der Waals surface area contributed by atoms with Gasteiger partial charge in [0, 0.05) is 31.6 Å². The minimum atomic E-state index is 0. The van der Waals surface area contributed by atoms with Gasteiger partial charge in [0.15, 0.2) is 0 Å². The molecule has 0 aliphatic carbocycles. The number of nitrogens with zero attached hydrogens (tertiary/aromatic N) is 1. The molecule has 0 radical (unpaired) electrons. The van der Waals surface area contributed by atoms with E-state index in [2.05, 4.69) is 29.3 Å². The maximum atomic E-state index is 12.5. The van der Waals surface area contributed by atoms with E-state index in [9.17, 15) is 4.79 Å². The Kier molecular flexibility index (Phi) is 7.38. The Hall–Kier alpha value is -1.26. The number of nitrogens with one attached hydrogen (secondary N) is 1. The lowest BCUT2D eigenvalue weighted by Gasteiger charge is -2.24. The Morgan fingerprint density at radius 3 is 2.71 bits per heavy atom. The smallest absolute Gasteiger partial charge is 0.222 e. The van der Waals surface area contributed by atoms with E-state index < -0.39 is 0 Å². The molecule has 1 aromatic carbocycles. The van der Waals surface area contributed by atoms with Crippen LogP contribution in [0.5, 0.6) is 5.75 Å². The molecule has 1 N–H and O–H groups in total. The highest BCUT2D eigenvalue weighted by Crippen LogP contribution is 2.21. The molecule has 2 fully saturated rings. The minimum absolute atomic E-state index is 0. The molecule has 2 saturated heterocycles. The molecule has 2 bridgehead atoms. The first-order valence-corrected chi connectivity index (χ1v) is 9.00. The van der Waals surface area contributed by atoms with Crippen LogP contribution in [0.25, 0.3) is 0 Å². The van der Waals surface area contributed by atoms with Crippen molar-refractivity contribution in [2.45, 2.75) is 57.5 Å². The van der Waals surface area contributed by atoms with E-state index in [4.69, 9.17) is 4.74 Å². The Morgan fingerprint density at radius 2 is 1.96 bits per heavy atom. The summed E-state index contributed by atoms with van der Waals surface area (Å²) in [5.41, 5.74) is 1.21. The number of amides is 1. The largest absolute Gasteiger partial charge is 0.494 e. The van der Waals surface area contributed by atoms with Gasteiger partial charge in [-0.25, -0.2) is 0 Å². The molecule has 0 spiro atoms. The van der Waals surface area contributed by atoms with Gasteiger partial charge in [0.25, 0.3) is 0 Å². The van der Waals surface area contributed by atoms with Crippen LogP contribution < -0.4 is 10.1 Å². The molecule has 24 heavy (non-hydrogen) atoms. The molecule has 0 aromatic heterocycles. The van der Waals surface area contributed by atoms with E-state index in [1.807, 2.05) is 12.1 Å². The first-order valence-electron chi connectivity index (χ1n) is 9.00. The summed E-state index contributed by atoms with van der Waals surface area (Å²) in [6.07, 6.45) is 6.03. The fraction of sp³-hybridized carbons (Fsp3) is 0.632. The van der Waals surface area contributed by atoms with Crippen molar-refractivity contribution >= 4 is 18.3 Å². The Morgan fingerprint density at radius 1 is 1.21 bits per heavy atom. The standard InChI is InChI=1S/C19H28N2O2.ClH/c1-2-13-23-18-8-3-15(4-9-18)5-10-19(22)21-12-11-16-6-7-17(14-21)20-16;/h3-4,8-9,16-17,20H,2,5-7,10-14H2,1H3;1H. The second kappa shape index (κ2) is 9.28. The molecule has 2 unspecified atom stereocenters. The lowest BCUT2D eigenvalue weighted by molar-refractivity contribution is -0.131. The van der Waals surface area contributed by atoms with Crippen molar-refractivity contribution in [3.63, 3.8) is 0 Å². The highest BCUT2D eigenvalue weighted by molar-refractivity contribution is 5.85. The van der Waals surface area contributed by atoms with E-state index in [-0.39, 0.29) is 12.4 Å². The normalized spacial score (nSPS) is 22.6. The molecule has 5 heteroatoms. The number of carbonyl (C=O) groups is 1. The van der Waals surface area contributed by atoms with Gasteiger partial charge in [0.05, 0.1) is 6.61 Å². The van der Waals surface area contributed by atoms with Crippen molar-refractivity contribution in [1.29, 1.82) is 0 Å². The second-order valence-electron chi connectivity index (χ2n) is 6.76. The van der Waals surface area contributed by atoms with Crippen LogP contribution in [0.4, 0.5) is 0 Å². The third-order valence-corrected chi connectivity index (χ3v) is 4.90. The van der Waals surface area contributed by atoms with Gasteiger partial charge in [-0.1, -0.05) is 19.1 Å². The lowest BCUT2D eigenvalue weighted by Crippen LogP contribution is -2.39. The molecule has 1 aromatic rings. The molecule has 134 valence electrons. The molecule has 0 saturated carbocycles. The van der Waals surface area contributed by atoms with E-state index >= 15 is 0 Å². The van der Waals surface area contributed by atoms with Gasteiger partial charge in [-0.2, -0.15) is 0 Å². The molecule has 2 atom stereocenters. The van der Waals surface area contributed by atoms with Crippen LogP contribution in [0, 0.1) is 0 Å². The zero-order valence-corrected chi connectivity index (χ0v) is 15.3. The van der Waals surface area contributed by atoms with Gasteiger partial charge >= 0.3 is 0 Å². The average molecular weight is 353 g/mol. The summed E-state index contributed by atoms with van der Waals surface area (Å²) >= 11 is 0. The van der Waals surface area contributed by atoms with E-state index in [1.54, 1.807) is 0 Å². The monoisotopic (exact) mass is 352 g/mol. The van der Waals surface area contributed by atoms with Crippen molar-refractivity contribution in [2.75, 3.05) is 19.7 Å². The van der Waals surface area contributed by atoms with Gasteiger partial charge in [0.1, 0.15) is 5.75 Å². The summed E-state index contributed by atoms with van der Waals surface area (Å²) in [7, 11) is 0. The summed E-state index contributed by atoms with van der Waals surface area (Å²) in [6, 6.07) is 9.30. The lowest BCUT2D eigenvalue weighted by atomic mass is 10.1. The number of halogens is 1. The van der Waals surface area contributed by atoms with Crippen molar-refractivity contribution < 1.29 is 9.53 Å². The molecule has 2 aliphatic heterocycles. The maximum Gasteiger partial charge on any atom is 0.222 e. The Bertz CT molecular complexity index is 521. The summed E-state index contributed by atoms with van der Waals surface area (Å²) in [5, 5.41) is 3.63. The molecule has 4 nitrogen and oxygen atoms in total. The van der Waals surface area contributed by atoms with Crippen LogP contribution in [0.1, 0.15) is 44.6 Å². The minimum Gasteiger partial charge on any atom is -0.494 e. The molecule has 2 aliphatic rings. The van der Waals surface area contributed by atoms with E-state index in [0.29, 0.717) is 24.4 Å². The number of ether oxygens (including phenoxy) is 1. The topological polar surface area (TPSA) is 41.6 Å². The van der Waals surface area contributed by atoms with Gasteiger partial charge < -0.3 is 15.0 Å². The maximum absolute atomic E-state index is 12.5. The predicted molar refractivity (Wildman–Crippen MR) is 98.9 cm³/mol. The summed E-state index contributed by atoms with van der Waals surface area (Å²) in [4.78, 5) is 14.5. The number of carbonyl (C=O) groups excluding carboxylic acids is 1. The molecular formula is C19H29ClN2O2. The third kappa shape index (κ3) is 5.12. The van der Waals surface area contributed by atoms with E-state index in [0.717, 1.165) is 44.7 Å². The van der Waals surface area contributed by atoms with Crippen molar-refractivity contribution in [1.82, 2.24) is 10.2 Å². The highest BCUT2D eigenvalue weighted by Gasteiger charge is 2.30. The summed E-state index contributed by atoms with van der Waals surface area (Å²) in [6.45, 7) is 4.66. The van der Waals surface area contributed by atoms with Crippen molar-refractivity contribution in [3.05, 3.63) is 29.8 Å². The summed E-state index contributed by atoms with van der Waals surface area (Å²) in [5.74, 6) is 1.21. The first kappa shape index (κ1) is 19.1. The third-order valence-electron chi connectivity index (χ3n) is 4.90. The number of hydrogen-bond acceptors (Lipinski definition) is 3. The SMILES string of the molecule is CCCOc1ccc(CCC(=O)N2CCC3CCC(C2)N3)cc1.Cl. The number of hydrogen-bond donors (Lipinski definition) is 1. The zero-order valence-electron chi connectivity index (χ0n) is 14.5. The van der Waals surface area contributed by atoms with Crippen LogP contribution in [0.3, 0.4) is 0 Å². The number of fused-ring (bicyclic) bond motifs is 2. The Labute approximate surface area is 151 Å². The Balaban J connectivity index is 0.00000208. The van der Waals surface area contributed by atoms with Crippen LogP contribution >= 0.6 is 12.4 Å². The number of aryl methyl sites for hydroxylation is 1. The van der Waals surface area contributed by atoms with Gasteiger partial charge in [-0.3, -0.25) is 4.79 Å². The molecule has 2 heterocycles. The van der Waals surface area contributed by atoms with Crippen LogP contribution in [0.2, 0.25) is 0 Å². The fourth-order valence-corrected chi connectivity index (χ4v) is 3.55. The van der Waals surface area contributed by atoms with Crippen molar-refractivity contribution in [2.24, 2.45) is 0 Å². The van der Waals surface area contributed by atoms with Crippen LogP contribution in [-0.2, 0) is 11.2 Å². The van der Waals surface area contributed by atoms with E-state index in [1.165, 1.54) is 18.4 Å². The molecular weight excluding hydrogens is 324 g/mol. The predicted octanol–water partition coefficient (Wildman–Crippen LogP) is 3.18. The van der Waals surface area contributed by atoms with Crippen LogP contribution in [0.15, 0.2) is 24.3 Å². The zero-order chi connectivity index (χ0) is 16.1. The highest BCUT2D eigenvalue weighted by atomic mass is 35.5. The second-order valence-corrected chi connectivity index (χ2v) is 6.76. The number of likely N-dealkylation sites (tertiary alicyclic amines) is 1. The van der Waals surface area contributed by atoms with Gasteiger partial charge in [-0.05, 0) is 49.8 Å². The van der Waals surface area contributed by atoms with Crippen LogP contribution in [-0.4, -0.2) is 42.6 Å². The summed E-state index contributed by atoms with van der Waals surface area (Å²) < 4.78 is 5.59. The average Bonchev–Trinajstić information content (AvgIpc) is 2.90. The number of benzene rings is 1. The quantitative estimate of drug-likeness (QED) is 0.855. The fourth-order valence-electron chi connectivity index (χ4n) is 3.55. The van der Waals surface area contributed by atoms with Crippen molar-refractivity contribution in [3.8, 4) is 5.75 Å². The number of rotatable bonds is 6. The molecule has 1 amide bonds. The molecule has 3 rings (SSSR count). The van der Waals surface area contributed by atoms with Gasteiger partial charge in [0.2, 0.25) is 5.91 Å². The van der Waals surface area contributed by atoms with Gasteiger partial charge in [-0.15, -0.1) is 12.4 Å².